The fourth-order valence-electron chi connectivity index (χ4n) is 3.72. The maximum Gasteiger partial charge on any atom is 0.312 e. The molecule has 1 fully saturated rings. The number of carbonyl (C=O) groups is 3. The average Bonchev–Trinajstić information content (AvgIpc) is 3.28. The van der Waals surface area contributed by atoms with Gasteiger partial charge in [-0.15, -0.1) is 0 Å². The fraction of sp³-hybridized carbons (Fsp3) is 0.304. The Hall–Kier alpha value is -3.26. The molecular formula is C23H23N3O4S. The van der Waals surface area contributed by atoms with Gasteiger partial charge in [0.15, 0.2) is 5.13 Å². The number of para-hydroxylation sites is 1. The highest BCUT2D eigenvalue weighted by atomic mass is 32.1. The number of nitrogens with zero attached hydrogens (tertiary/aromatic N) is 1. The zero-order chi connectivity index (χ0) is 22.3. The number of aryl methyl sites for hydroxylation is 2. The van der Waals surface area contributed by atoms with Gasteiger partial charge in [-0.2, -0.15) is 0 Å². The van der Waals surface area contributed by atoms with Gasteiger partial charge in [0.1, 0.15) is 0 Å². The number of hydrogen-bond donors (Lipinski definition) is 2. The van der Waals surface area contributed by atoms with E-state index in [1.54, 1.807) is 25.1 Å². The van der Waals surface area contributed by atoms with E-state index in [4.69, 9.17) is 4.74 Å². The lowest BCUT2D eigenvalue weighted by molar-refractivity contribution is -0.147. The Labute approximate surface area is 183 Å². The Morgan fingerprint density at radius 1 is 1.13 bits per heavy atom. The van der Waals surface area contributed by atoms with Gasteiger partial charge >= 0.3 is 5.97 Å². The van der Waals surface area contributed by atoms with Crippen LogP contribution in [0, 0.1) is 25.2 Å². The SMILES string of the molecule is COC(=O)C1(C)CC1C(=O)Nc1nc2ccc(C(=O)Nc3c(C)cccc3C)cc2s1. The molecule has 0 bridgehead atoms. The molecule has 1 heterocycles. The van der Waals surface area contributed by atoms with Crippen molar-refractivity contribution in [3.63, 3.8) is 0 Å². The molecule has 1 aliphatic carbocycles. The van der Waals surface area contributed by atoms with Crippen LogP contribution in [-0.2, 0) is 14.3 Å². The Kier molecular flexibility index (Phi) is 5.26. The number of methoxy groups -OCH3 is 1. The van der Waals surface area contributed by atoms with Crippen LogP contribution in [-0.4, -0.2) is 29.9 Å². The maximum absolute atomic E-state index is 12.8. The van der Waals surface area contributed by atoms with Gasteiger partial charge < -0.3 is 15.4 Å². The van der Waals surface area contributed by atoms with Crippen LogP contribution < -0.4 is 10.6 Å². The minimum atomic E-state index is -0.769. The first-order valence-electron chi connectivity index (χ1n) is 9.90. The first-order chi connectivity index (χ1) is 14.7. The van der Waals surface area contributed by atoms with Gasteiger partial charge in [0.05, 0.1) is 28.7 Å². The van der Waals surface area contributed by atoms with Gasteiger partial charge in [0, 0.05) is 11.3 Å². The standard InChI is InChI=1S/C23H23N3O4S/c1-12-6-5-7-13(2)18(12)25-19(27)14-8-9-16-17(10-14)31-22(24-16)26-20(28)15-11-23(15,3)21(29)30-4/h5-10,15H,11H2,1-4H3,(H,25,27)(H,24,26,28). The van der Waals surface area contributed by atoms with Gasteiger partial charge in [-0.3, -0.25) is 14.4 Å². The number of thiazole rings is 1. The first kappa shape index (κ1) is 21.0. The van der Waals surface area contributed by atoms with Crippen LogP contribution in [0.25, 0.3) is 10.2 Å². The second-order valence-electron chi connectivity index (χ2n) is 8.08. The van der Waals surface area contributed by atoms with Crippen LogP contribution in [0.1, 0.15) is 34.8 Å². The summed E-state index contributed by atoms with van der Waals surface area (Å²) < 4.78 is 5.57. The molecule has 1 aromatic heterocycles. The highest BCUT2D eigenvalue weighted by molar-refractivity contribution is 7.22. The summed E-state index contributed by atoms with van der Waals surface area (Å²) >= 11 is 1.29. The Balaban J connectivity index is 1.49. The molecule has 2 unspecified atom stereocenters. The molecule has 1 saturated carbocycles. The van der Waals surface area contributed by atoms with Gasteiger partial charge in [0.2, 0.25) is 5.91 Å². The molecule has 0 saturated heterocycles. The monoisotopic (exact) mass is 437 g/mol. The normalized spacial score (nSPS) is 19.7. The third-order valence-electron chi connectivity index (χ3n) is 5.81. The summed E-state index contributed by atoms with van der Waals surface area (Å²) in [4.78, 5) is 41.5. The molecule has 2 N–H and O–H groups in total. The molecule has 0 spiro atoms. The van der Waals surface area contributed by atoms with Crippen LogP contribution in [0.5, 0.6) is 0 Å². The van der Waals surface area contributed by atoms with Gasteiger partial charge in [-0.25, -0.2) is 4.98 Å². The summed E-state index contributed by atoms with van der Waals surface area (Å²) in [6.45, 7) is 5.63. The predicted octanol–water partition coefficient (Wildman–Crippen LogP) is 4.30. The van der Waals surface area contributed by atoms with E-state index in [-0.39, 0.29) is 17.8 Å². The van der Waals surface area contributed by atoms with E-state index in [0.717, 1.165) is 21.5 Å². The number of aromatic nitrogens is 1. The molecule has 160 valence electrons. The molecule has 0 radical (unpaired) electrons. The van der Waals surface area contributed by atoms with Crippen LogP contribution >= 0.6 is 11.3 Å². The third kappa shape index (κ3) is 3.90. The third-order valence-corrected chi connectivity index (χ3v) is 6.74. The summed E-state index contributed by atoms with van der Waals surface area (Å²) in [5.41, 5.74) is 3.23. The van der Waals surface area contributed by atoms with Crippen LogP contribution in [0.4, 0.5) is 10.8 Å². The van der Waals surface area contributed by atoms with Crippen LogP contribution in [0.15, 0.2) is 36.4 Å². The number of nitrogens with one attached hydrogen (secondary N) is 2. The van der Waals surface area contributed by atoms with Crippen molar-refractivity contribution in [2.45, 2.75) is 27.2 Å². The van der Waals surface area contributed by atoms with E-state index >= 15 is 0 Å². The van der Waals surface area contributed by atoms with E-state index in [9.17, 15) is 14.4 Å². The topological polar surface area (TPSA) is 97.4 Å². The van der Waals surface area contributed by atoms with Crippen molar-refractivity contribution in [1.29, 1.82) is 0 Å². The van der Waals surface area contributed by atoms with Crippen molar-refractivity contribution in [3.8, 4) is 0 Å². The van der Waals surface area contributed by atoms with E-state index in [1.807, 2.05) is 32.0 Å². The number of carbonyl (C=O) groups excluding carboxylic acids is 3. The summed E-state index contributed by atoms with van der Waals surface area (Å²) in [6.07, 6.45) is 0.457. The van der Waals surface area contributed by atoms with E-state index in [2.05, 4.69) is 15.6 Å². The minimum Gasteiger partial charge on any atom is -0.469 e. The molecule has 2 aromatic carbocycles. The molecule has 3 aromatic rings. The number of benzene rings is 2. The second kappa shape index (κ2) is 7.77. The van der Waals surface area contributed by atoms with Crippen LogP contribution in [0.2, 0.25) is 0 Å². The zero-order valence-electron chi connectivity index (χ0n) is 17.7. The Bertz CT molecular complexity index is 1200. The number of amides is 2. The fourth-order valence-corrected chi connectivity index (χ4v) is 4.62. The Morgan fingerprint density at radius 2 is 1.84 bits per heavy atom. The van der Waals surface area contributed by atoms with Crippen molar-refractivity contribution < 1.29 is 19.1 Å². The molecule has 8 heteroatoms. The van der Waals surface area contributed by atoms with Crippen molar-refractivity contribution in [2.24, 2.45) is 11.3 Å². The Morgan fingerprint density at radius 3 is 2.52 bits per heavy atom. The number of hydrogen-bond acceptors (Lipinski definition) is 6. The summed E-state index contributed by atoms with van der Waals surface area (Å²) in [7, 11) is 1.32. The second-order valence-corrected chi connectivity index (χ2v) is 9.11. The number of ether oxygens (including phenoxy) is 1. The predicted molar refractivity (Wildman–Crippen MR) is 120 cm³/mol. The molecule has 0 aliphatic heterocycles. The van der Waals surface area contributed by atoms with E-state index in [1.165, 1.54) is 18.4 Å². The van der Waals surface area contributed by atoms with E-state index in [0.29, 0.717) is 22.6 Å². The number of rotatable bonds is 5. The summed E-state index contributed by atoms with van der Waals surface area (Å²) in [6, 6.07) is 11.1. The lowest BCUT2D eigenvalue weighted by Gasteiger charge is -2.11. The summed E-state index contributed by atoms with van der Waals surface area (Å²) in [5.74, 6) is -1.26. The number of esters is 1. The van der Waals surface area contributed by atoms with Gasteiger partial charge in [-0.05, 0) is 56.5 Å². The average molecular weight is 438 g/mol. The van der Waals surface area contributed by atoms with Gasteiger partial charge in [0.25, 0.3) is 5.91 Å². The molecule has 2 amide bonds. The smallest absolute Gasteiger partial charge is 0.312 e. The molecule has 2 atom stereocenters. The van der Waals surface area contributed by atoms with Crippen LogP contribution in [0.3, 0.4) is 0 Å². The largest absolute Gasteiger partial charge is 0.469 e. The molecule has 4 rings (SSSR count). The highest BCUT2D eigenvalue weighted by Gasteiger charge is 2.61. The summed E-state index contributed by atoms with van der Waals surface area (Å²) in [5, 5.41) is 6.21. The molecule has 31 heavy (non-hydrogen) atoms. The van der Waals surface area contributed by atoms with Crippen molar-refractivity contribution >= 4 is 50.2 Å². The van der Waals surface area contributed by atoms with Crippen molar-refractivity contribution in [1.82, 2.24) is 4.98 Å². The minimum absolute atomic E-state index is 0.204. The molecule has 1 aliphatic rings. The highest BCUT2D eigenvalue weighted by Crippen LogP contribution is 2.53. The molecular weight excluding hydrogens is 414 g/mol. The maximum atomic E-state index is 12.8. The first-order valence-corrected chi connectivity index (χ1v) is 10.7. The quantitative estimate of drug-likeness (QED) is 0.580. The lowest BCUT2D eigenvalue weighted by atomic mass is 10.1. The van der Waals surface area contributed by atoms with Gasteiger partial charge in [-0.1, -0.05) is 29.5 Å². The lowest BCUT2D eigenvalue weighted by Crippen LogP contribution is -2.23. The van der Waals surface area contributed by atoms with Crippen molar-refractivity contribution in [3.05, 3.63) is 53.1 Å². The number of fused-ring (bicyclic) bond motifs is 1. The zero-order valence-corrected chi connectivity index (χ0v) is 18.6. The number of anilines is 2. The van der Waals surface area contributed by atoms with Crippen molar-refractivity contribution in [2.75, 3.05) is 17.7 Å². The van der Waals surface area contributed by atoms with E-state index < -0.39 is 11.3 Å². The molecule has 7 nitrogen and oxygen atoms in total.